The second-order valence-corrected chi connectivity index (χ2v) is 9.63. The number of rotatable bonds is 7. The van der Waals surface area contributed by atoms with Crippen LogP contribution in [-0.2, 0) is 13.0 Å². The molecule has 1 unspecified atom stereocenters. The molecule has 5 rings (SSSR count). The highest BCUT2D eigenvalue weighted by Gasteiger charge is 2.31. The standard InChI is InChI=1S/C25H33N5O3/c1-16-13-29(14-17-8-20(32-2)11-21(9-17)33-3)15-18(16)10-23-27-24-22(25(31)28-23)12-26-30(24)19-6-4-5-7-19/h8-9,11-12,16,18-19H,4-7,10,13-15H2,1-3H3,(H,27,28,31)/t16-,18?/m1/s1. The third kappa shape index (κ3) is 4.49. The van der Waals surface area contributed by atoms with Crippen LogP contribution in [0.5, 0.6) is 11.5 Å². The molecule has 2 fully saturated rings. The Balaban J connectivity index is 1.32. The number of methoxy groups -OCH3 is 2. The molecule has 2 aliphatic rings. The lowest BCUT2D eigenvalue weighted by Crippen LogP contribution is -2.22. The van der Waals surface area contributed by atoms with Crippen LogP contribution in [0.2, 0.25) is 0 Å². The molecule has 1 N–H and O–H groups in total. The van der Waals surface area contributed by atoms with Gasteiger partial charge in [0.2, 0.25) is 0 Å². The van der Waals surface area contributed by atoms with Crippen molar-refractivity contribution >= 4 is 11.0 Å². The Bertz CT molecular complexity index is 1160. The van der Waals surface area contributed by atoms with Gasteiger partial charge in [-0.15, -0.1) is 0 Å². The summed E-state index contributed by atoms with van der Waals surface area (Å²) in [7, 11) is 3.35. The minimum absolute atomic E-state index is 0.0785. The zero-order valence-corrected chi connectivity index (χ0v) is 19.7. The molecule has 1 aromatic carbocycles. The molecule has 1 aliphatic heterocycles. The van der Waals surface area contributed by atoms with E-state index in [4.69, 9.17) is 14.5 Å². The van der Waals surface area contributed by atoms with Crippen LogP contribution in [0.4, 0.5) is 0 Å². The molecule has 1 saturated heterocycles. The number of aromatic nitrogens is 4. The molecule has 33 heavy (non-hydrogen) atoms. The van der Waals surface area contributed by atoms with Gasteiger partial charge in [-0.2, -0.15) is 5.10 Å². The number of benzene rings is 1. The van der Waals surface area contributed by atoms with Gasteiger partial charge in [-0.25, -0.2) is 9.67 Å². The van der Waals surface area contributed by atoms with E-state index in [1.165, 1.54) is 18.4 Å². The molecule has 8 heteroatoms. The molecule has 2 atom stereocenters. The Morgan fingerprint density at radius 1 is 1.09 bits per heavy atom. The summed E-state index contributed by atoms with van der Waals surface area (Å²) in [5.74, 6) is 3.33. The molecule has 3 aromatic rings. The van der Waals surface area contributed by atoms with Crippen LogP contribution in [0.15, 0.2) is 29.2 Å². The summed E-state index contributed by atoms with van der Waals surface area (Å²) in [5, 5.41) is 5.11. The van der Waals surface area contributed by atoms with Gasteiger partial charge in [0.15, 0.2) is 5.65 Å². The van der Waals surface area contributed by atoms with Crippen LogP contribution in [0, 0.1) is 11.8 Å². The quantitative estimate of drug-likeness (QED) is 0.591. The van der Waals surface area contributed by atoms with Gasteiger partial charge in [0.05, 0.1) is 26.5 Å². The zero-order valence-electron chi connectivity index (χ0n) is 19.7. The maximum atomic E-state index is 12.7. The first-order valence-electron chi connectivity index (χ1n) is 11.9. The molecular weight excluding hydrogens is 418 g/mol. The number of hydrogen-bond donors (Lipinski definition) is 1. The van der Waals surface area contributed by atoms with Gasteiger partial charge in [-0.05, 0) is 42.4 Å². The Morgan fingerprint density at radius 3 is 2.52 bits per heavy atom. The van der Waals surface area contributed by atoms with Gasteiger partial charge >= 0.3 is 0 Å². The molecule has 0 bridgehead atoms. The summed E-state index contributed by atoms with van der Waals surface area (Å²) in [6, 6.07) is 6.40. The normalized spacial score (nSPS) is 21.8. The maximum absolute atomic E-state index is 12.7. The van der Waals surface area contributed by atoms with E-state index in [1.54, 1.807) is 20.4 Å². The Kier molecular flexibility index (Phi) is 6.10. The van der Waals surface area contributed by atoms with Crippen molar-refractivity contribution in [3.63, 3.8) is 0 Å². The van der Waals surface area contributed by atoms with Gasteiger partial charge in [-0.3, -0.25) is 9.69 Å². The molecule has 1 saturated carbocycles. The SMILES string of the molecule is COc1cc(CN2CC(Cc3nc4c(cnn4C4CCCC4)c(=O)[nH]3)[C@H](C)C2)cc(OC)c1. The molecule has 2 aromatic heterocycles. The number of H-pyrrole nitrogens is 1. The van der Waals surface area contributed by atoms with Gasteiger partial charge in [0.1, 0.15) is 22.7 Å². The van der Waals surface area contributed by atoms with E-state index in [0.29, 0.717) is 23.3 Å². The monoisotopic (exact) mass is 451 g/mol. The summed E-state index contributed by atoms with van der Waals surface area (Å²) < 4.78 is 12.8. The Hall–Kier alpha value is -2.87. The maximum Gasteiger partial charge on any atom is 0.262 e. The smallest absolute Gasteiger partial charge is 0.262 e. The number of nitrogens with one attached hydrogen (secondary N) is 1. The molecule has 0 amide bonds. The lowest BCUT2D eigenvalue weighted by molar-refractivity contribution is 0.311. The second-order valence-electron chi connectivity index (χ2n) is 9.63. The van der Waals surface area contributed by atoms with Crippen molar-refractivity contribution in [2.75, 3.05) is 27.3 Å². The number of ether oxygens (including phenoxy) is 2. The van der Waals surface area contributed by atoms with E-state index < -0.39 is 0 Å². The average Bonchev–Trinajstić information content (AvgIpc) is 3.54. The van der Waals surface area contributed by atoms with Crippen molar-refractivity contribution in [2.24, 2.45) is 11.8 Å². The van der Waals surface area contributed by atoms with Crippen LogP contribution in [0.3, 0.4) is 0 Å². The van der Waals surface area contributed by atoms with Gasteiger partial charge in [-0.1, -0.05) is 19.8 Å². The highest BCUT2D eigenvalue weighted by atomic mass is 16.5. The van der Waals surface area contributed by atoms with E-state index in [9.17, 15) is 4.79 Å². The summed E-state index contributed by atoms with van der Waals surface area (Å²) in [6.07, 6.45) is 7.10. The summed E-state index contributed by atoms with van der Waals surface area (Å²) in [5.41, 5.74) is 1.84. The van der Waals surface area contributed by atoms with E-state index in [0.717, 1.165) is 61.9 Å². The molecule has 1 aliphatic carbocycles. The van der Waals surface area contributed by atoms with Crippen molar-refractivity contribution in [2.45, 2.75) is 51.6 Å². The molecule has 176 valence electrons. The minimum Gasteiger partial charge on any atom is -0.497 e. The predicted molar refractivity (Wildman–Crippen MR) is 127 cm³/mol. The molecule has 0 spiro atoms. The minimum atomic E-state index is -0.0785. The number of aromatic amines is 1. The second kappa shape index (κ2) is 9.17. The lowest BCUT2D eigenvalue weighted by Gasteiger charge is -2.17. The van der Waals surface area contributed by atoms with Gasteiger partial charge in [0.25, 0.3) is 5.56 Å². The molecule has 0 radical (unpaired) electrons. The van der Waals surface area contributed by atoms with Crippen LogP contribution in [0.1, 0.15) is 50.0 Å². The topological polar surface area (TPSA) is 85.3 Å². The molecular formula is C25H33N5O3. The van der Waals surface area contributed by atoms with Crippen molar-refractivity contribution in [1.82, 2.24) is 24.6 Å². The lowest BCUT2D eigenvalue weighted by atomic mass is 9.94. The van der Waals surface area contributed by atoms with E-state index >= 15 is 0 Å². The van der Waals surface area contributed by atoms with Crippen LogP contribution < -0.4 is 15.0 Å². The fourth-order valence-electron chi connectivity index (χ4n) is 5.50. The molecule has 8 nitrogen and oxygen atoms in total. The highest BCUT2D eigenvalue weighted by molar-refractivity contribution is 5.73. The Labute approximate surface area is 193 Å². The average molecular weight is 452 g/mol. The summed E-state index contributed by atoms with van der Waals surface area (Å²) >= 11 is 0. The van der Waals surface area contributed by atoms with E-state index in [2.05, 4.69) is 34.0 Å². The first kappa shape index (κ1) is 21.9. The fraction of sp³-hybridized carbons (Fsp3) is 0.560. The number of nitrogens with zero attached hydrogens (tertiary/aromatic N) is 4. The first-order chi connectivity index (χ1) is 16.0. The highest BCUT2D eigenvalue weighted by Crippen LogP contribution is 2.32. The van der Waals surface area contributed by atoms with Crippen molar-refractivity contribution in [3.05, 3.63) is 46.1 Å². The summed E-state index contributed by atoms with van der Waals surface area (Å²) in [4.78, 5) is 23.1. The number of likely N-dealkylation sites (tertiary alicyclic amines) is 1. The van der Waals surface area contributed by atoms with Crippen LogP contribution >= 0.6 is 0 Å². The van der Waals surface area contributed by atoms with Crippen molar-refractivity contribution in [3.8, 4) is 11.5 Å². The fourth-order valence-corrected chi connectivity index (χ4v) is 5.50. The van der Waals surface area contributed by atoms with E-state index in [-0.39, 0.29) is 5.56 Å². The Morgan fingerprint density at radius 2 is 1.82 bits per heavy atom. The zero-order chi connectivity index (χ0) is 22.9. The van der Waals surface area contributed by atoms with E-state index in [1.807, 2.05) is 10.7 Å². The van der Waals surface area contributed by atoms with Crippen molar-refractivity contribution < 1.29 is 9.47 Å². The van der Waals surface area contributed by atoms with Crippen molar-refractivity contribution in [1.29, 1.82) is 0 Å². The largest absolute Gasteiger partial charge is 0.497 e. The van der Waals surface area contributed by atoms with Gasteiger partial charge < -0.3 is 14.5 Å². The van der Waals surface area contributed by atoms with Crippen LogP contribution in [-0.4, -0.2) is 52.0 Å². The number of hydrogen-bond acceptors (Lipinski definition) is 6. The summed E-state index contributed by atoms with van der Waals surface area (Å²) in [6.45, 7) is 5.10. The predicted octanol–water partition coefficient (Wildman–Crippen LogP) is 3.56. The number of fused-ring (bicyclic) bond motifs is 1. The first-order valence-corrected chi connectivity index (χ1v) is 11.9. The third-order valence-corrected chi connectivity index (χ3v) is 7.30. The van der Waals surface area contributed by atoms with Gasteiger partial charge in [0, 0.05) is 32.1 Å². The van der Waals surface area contributed by atoms with Crippen LogP contribution in [0.25, 0.3) is 11.0 Å². The third-order valence-electron chi connectivity index (χ3n) is 7.30. The molecule has 3 heterocycles.